The van der Waals surface area contributed by atoms with Crippen LogP contribution in [0.2, 0.25) is 0 Å². The summed E-state index contributed by atoms with van der Waals surface area (Å²) in [4.78, 5) is 26.3. The van der Waals surface area contributed by atoms with Crippen LogP contribution in [0.1, 0.15) is 13.8 Å². The van der Waals surface area contributed by atoms with E-state index in [1.807, 2.05) is 6.92 Å². The van der Waals surface area contributed by atoms with Crippen molar-refractivity contribution in [3.8, 4) is 0 Å². The number of aliphatic hydroxyl groups excluding tert-OH is 1. The molecule has 4 atom stereocenters. The Kier molecular flexibility index (Phi) is 5.94. The van der Waals surface area contributed by atoms with Gasteiger partial charge in [0.1, 0.15) is 5.70 Å². The maximum atomic E-state index is 12.4. The van der Waals surface area contributed by atoms with Gasteiger partial charge in [-0.3, -0.25) is 4.79 Å². The number of benzene rings is 1. The van der Waals surface area contributed by atoms with Crippen LogP contribution in [0.5, 0.6) is 0 Å². The van der Waals surface area contributed by atoms with Gasteiger partial charge in [0.05, 0.1) is 23.0 Å². The maximum Gasteiger partial charge on any atom is 0.353 e. The lowest BCUT2D eigenvalue weighted by atomic mass is 9.79. The highest BCUT2D eigenvalue weighted by Gasteiger charge is 2.60. The second kappa shape index (κ2) is 8.41. The standard InChI is InChI=1S/C20H24N4O6S2/c1-10-15-14(11(2)25)18(26)24(15)16(19(27)28)17(10)31-12-8-21-20(22-9-12)23-32(29,30)13-6-4-3-5-7-13/h3-7,10-12,14-15,25H,8-9H2,1-2H3,(H,27,28)(H2,21,22,23)/t10-,11-,14-,15-/m1/s1. The van der Waals surface area contributed by atoms with Gasteiger partial charge in [0.25, 0.3) is 10.0 Å². The minimum absolute atomic E-state index is 0.0273. The summed E-state index contributed by atoms with van der Waals surface area (Å²) in [6, 6.07) is 7.52. The number of fused-ring (bicyclic) bond motifs is 1. The molecule has 0 aliphatic carbocycles. The van der Waals surface area contributed by atoms with E-state index in [-0.39, 0.29) is 39.7 Å². The summed E-state index contributed by atoms with van der Waals surface area (Å²) in [7, 11) is -3.85. The van der Waals surface area contributed by atoms with Gasteiger partial charge in [0, 0.05) is 29.2 Å². The minimum Gasteiger partial charge on any atom is -0.477 e. The van der Waals surface area contributed by atoms with Gasteiger partial charge in [-0.1, -0.05) is 25.1 Å². The Morgan fingerprint density at radius 2 is 1.88 bits per heavy atom. The maximum absolute atomic E-state index is 12.4. The van der Waals surface area contributed by atoms with Crippen molar-refractivity contribution in [3.63, 3.8) is 0 Å². The number of aliphatic carboxylic acids is 1. The van der Waals surface area contributed by atoms with Crippen LogP contribution in [0.3, 0.4) is 0 Å². The topological polar surface area (TPSA) is 148 Å². The third-order valence-electron chi connectivity index (χ3n) is 5.85. The van der Waals surface area contributed by atoms with Crippen molar-refractivity contribution in [1.82, 2.24) is 15.5 Å². The van der Waals surface area contributed by atoms with Crippen LogP contribution in [0.25, 0.3) is 0 Å². The molecule has 2 saturated heterocycles. The Morgan fingerprint density at radius 3 is 2.44 bits per heavy atom. The lowest BCUT2D eigenvalue weighted by Gasteiger charge is -2.46. The van der Waals surface area contributed by atoms with Gasteiger partial charge in [0.2, 0.25) is 11.9 Å². The molecule has 0 radical (unpaired) electrons. The van der Waals surface area contributed by atoms with Gasteiger partial charge in [-0.2, -0.15) is 8.42 Å². The number of amides is 1. The van der Waals surface area contributed by atoms with Crippen molar-refractivity contribution in [2.75, 3.05) is 13.1 Å². The van der Waals surface area contributed by atoms with E-state index in [9.17, 15) is 28.2 Å². The molecule has 0 saturated carbocycles. The highest BCUT2D eigenvalue weighted by molar-refractivity contribution is 8.03. The summed E-state index contributed by atoms with van der Waals surface area (Å²) >= 11 is 1.35. The molecule has 3 aliphatic rings. The molecule has 3 heterocycles. The van der Waals surface area contributed by atoms with Crippen molar-refractivity contribution >= 4 is 39.6 Å². The quantitative estimate of drug-likeness (QED) is 0.418. The number of carbonyl (C=O) groups is 2. The van der Waals surface area contributed by atoms with Gasteiger partial charge in [-0.15, -0.1) is 16.2 Å². The molecule has 10 nitrogen and oxygen atoms in total. The number of β-lactam (4-membered cyclic amide) rings is 1. The fourth-order valence-corrected chi connectivity index (χ4v) is 6.65. The molecule has 0 aromatic heterocycles. The zero-order chi connectivity index (χ0) is 23.2. The molecular formula is C20H24N4O6S2. The summed E-state index contributed by atoms with van der Waals surface area (Å²) in [6.07, 6.45) is -0.853. The molecule has 32 heavy (non-hydrogen) atoms. The molecule has 1 aromatic rings. The van der Waals surface area contributed by atoms with Crippen LogP contribution in [0.15, 0.2) is 50.2 Å². The third-order valence-corrected chi connectivity index (χ3v) is 8.63. The largest absolute Gasteiger partial charge is 0.477 e. The number of hydrogen-bond donors (Lipinski definition) is 4. The smallest absolute Gasteiger partial charge is 0.353 e. The third kappa shape index (κ3) is 3.86. The Morgan fingerprint density at radius 1 is 1.25 bits per heavy atom. The van der Waals surface area contributed by atoms with E-state index in [1.54, 1.807) is 18.2 Å². The molecule has 172 valence electrons. The first-order valence-corrected chi connectivity index (χ1v) is 12.5. The van der Waals surface area contributed by atoms with Gasteiger partial charge in [-0.25, -0.2) is 4.79 Å². The van der Waals surface area contributed by atoms with Gasteiger partial charge in [0.15, 0.2) is 0 Å². The number of nitrogens with one attached hydrogen (secondary N) is 2. The summed E-state index contributed by atoms with van der Waals surface area (Å²) in [5, 5.41) is 25.5. The molecular weight excluding hydrogens is 456 g/mol. The number of hydrogen-bond acceptors (Lipinski definition) is 6. The van der Waals surface area contributed by atoms with Crippen LogP contribution in [-0.4, -0.2) is 71.9 Å². The first kappa shape index (κ1) is 22.6. The van der Waals surface area contributed by atoms with Crippen molar-refractivity contribution < 1.29 is 28.2 Å². The van der Waals surface area contributed by atoms with E-state index in [4.69, 9.17) is 0 Å². The van der Waals surface area contributed by atoms with E-state index >= 15 is 0 Å². The zero-order valence-corrected chi connectivity index (χ0v) is 19.1. The van der Waals surface area contributed by atoms with Crippen molar-refractivity contribution in [2.45, 2.75) is 36.1 Å². The number of guanidine groups is 1. The van der Waals surface area contributed by atoms with Gasteiger partial charge >= 0.3 is 5.97 Å². The molecule has 12 heteroatoms. The van der Waals surface area contributed by atoms with Crippen LogP contribution in [0.4, 0.5) is 0 Å². The van der Waals surface area contributed by atoms with E-state index in [0.29, 0.717) is 18.0 Å². The second-order valence-corrected chi connectivity index (χ2v) is 10.9. The first-order chi connectivity index (χ1) is 15.1. The number of thioether (sulfide) groups is 1. The number of carboxylic acids is 1. The fraction of sp³-hybridized carbons (Fsp3) is 0.450. The summed E-state index contributed by atoms with van der Waals surface area (Å²) in [6.45, 7) is 4.13. The Bertz CT molecular complexity index is 1090. The molecule has 0 bridgehead atoms. The number of carboxylic acid groups (broad SMARTS) is 1. The van der Waals surface area contributed by atoms with Crippen LogP contribution in [-0.2, 0) is 19.6 Å². The second-order valence-electron chi connectivity index (χ2n) is 8.00. The van der Waals surface area contributed by atoms with E-state index in [0.717, 1.165) is 0 Å². The average Bonchev–Trinajstić information content (AvgIpc) is 2.98. The molecule has 1 amide bonds. The van der Waals surface area contributed by atoms with Crippen LogP contribution >= 0.6 is 11.8 Å². The Labute approximate surface area is 189 Å². The molecule has 4 rings (SSSR count). The first-order valence-electron chi connectivity index (χ1n) is 10.1. The molecule has 1 aromatic carbocycles. The molecule has 2 fully saturated rings. The molecule has 0 spiro atoms. The summed E-state index contributed by atoms with van der Waals surface area (Å²) in [5.41, 5.74) is -0.0273. The highest BCUT2D eigenvalue weighted by atomic mass is 32.2. The normalized spacial score (nSPS) is 28.4. The lowest BCUT2D eigenvalue weighted by Crippen LogP contribution is -2.63. The number of nitrogens with zero attached hydrogens (tertiary/aromatic N) is 2. The molecule has 4 N–H and O–H groups in total. The SMILES string of the molecule is C[C@@H](O)[C@H]1C(=O)N2C(C(=O)O)=C(SC3CNC(=NS(=O)(=O)c4ccccc4)NC3)[C@H](C)[C@H]12. The Balaban J connectivity index is 1.46. The summed E-state index contributed by atoms with van der Waals surface area (Å²) < 4.78 is 28.6. The highest BCUT2D eigenvalue weighted by Crippen LogP contribution is 2.51. The van der Waals surface area contributed by atoms with Gasteiger partial charge < -0.3 is 25.7 Å². The predicted molar refractivity (Wildman–Crippen MR) is 118 cm³/mol. The lowest BCUT2D eigenvalue weighted by molar-refractivity contribution is -0.163. The van der Waals surface area contributed by atoms with Crippen molar-refractivity contribution in [3.05, 3.63) is 40.9 Å². The summed E-state index contributed by atoms with van der Waals surface area (Å²) in [5.74, 6) is -2.25. The van der Waals surface area contributed by atoms with Crippen LogP contribution in [0, 0.1) is 11.8 Å². The van der Waals surface area contributed by atoms with Gasteiger partial charge in [-0.05, 0) is 19.1 Å². The average molecular weight is 481 g/mol. The minimum atomic E-state index is -3.85. The van der Waals surface area contributed by atoms with E-state index in [1.165, 1.54) is 35.7 Å². The van der Waals surface area contributed by atoms with Crippen molar-refractivity contribution in [2.24, 2.45) is 16.2 Å². The molecule has 0 unspecified atom stereocenters. The number of sulfonamides is 1. The molecule has 3 aliphatic heterocycles. The number of rotatable bonds is 6. The fourth-order valence-electron chi connectivity index (χ4n) is 4.33. The number of carbonyl (C=O) groups excluding carboxylic acids is 1. The predicted octanol–water partition coefficient (Wildman–Crippen LogP) is 0.180. The monoisotopic (exact) mass is 480 g/mol. The van der Waals surface area contributed by atoms with E-state index < -0.39 is 28.0 Å². The van der Waals surface area contributed by atoms with E-state index in [2.05, 4.69) is 15.0 Å². The number of aliphatic hydroxyl groups is 1. The van der Waals surface area contributed by atoms with Crippen molar-refractivity contribution in [1.29, 1.82) is 0 Å². The Hall–Kier alpha value is -2.57. The van der Waals surface area contributed by atoms with Crippen LogP contribution < -0.4 is 10.6 Å². The zero-order valence-electron chi connectivity index (χ0n) is 17.4.